The molecule has 1 aromatic carbocycles. The molecule has 1 aromatic heterocycles. The minimum Gasteiger partial charge on any atom is -0.486 e. The van der Waals surface area contributed by atoms with E-state index in [4.69, 9.17) is 15.2 Å². The molecule has 0 bridgehead atoms. The normalized spacial score (nSPS) is 13.6. The van der Waals surface area contributed by atoms with Crippen LogP contribution in [0.5, 0.6) is 11.5 Å². The number of nitrogens with zero attached hydrogens (tertiary/aromatic N) is 2. The van der Waals surface area contributed by atoms with Gasteiger partial charge >= 0.3 is 0 Å². The number of aromatic nitrogens is 2. The van der Waals surface area contributed by atoms with Gasteiger partial charge in [-0.05, 0) is 31.0 Å². The van der Waals surface area contributed by atoms with Gasteiger partial charge in [0.05, 0.1) is 6.20 Å². The van der Waals surface area contributed by atoms with E-state index in [1.54, 1.807) is 10.9 Å². The molecule has 0 radical (unpaired) electrons. The summed E-state index contributed by atoms with van der Waals surface area (Å²) in [6.45, 7) is 5.26. The molecule has 2 aromatic rings. The molecular formula is C14H17N3O2. The highest BCUT2D eigenvalue weighted by atomic mass is 16.6. The van der Waals surface area contributed by atoms with Gasteiger partial charge in [-0.2, -0.15) is 5.10 Å². The number of hydrogen-bond acceptors (Lipinski definition) is 4. The Bertz CT molecular complexity index is 647. The quantitative estimate of drug-likeness (QED) is 0.851. The maximum absolute atomic E-state index is 6.09. The van der Waals surface area contributed by atoms with Crippen molar-refractivity contribution in [3.8, 4) is 22.6 Å². The third-order valence-corrected chi connectivity index (χ3v) is 3.61. The van der Waals surface area contributed by atoms with E-state index in [9.17, 15) is 0 Å². The smallest absolute Gasteiger partial charge is 0.169 e. The van der Waals surface area contributed by atoms with Crippen molar-refractivity contribution in [3.05, 3.63) is 23.4 Å². The van der Waals surface area contributed by atoms with Crippen LogP contribution in [0, 0.1) is 13.8 Å². The average molecular weight is 259 g/mol. The van der Waals surface area contributed by atoms with Gasteiger partial charge in [-0.25, -0.2) is 0 Å². The Labute approximate surface area is 111 Å². The first-order chi connectivity index (χ1) is 9.09. The summed E-state index contributed by atoms with van der Waals surface area (Å²) in [6, 6.07) is 2.01. The van der Waals surface area contributed by atoms with Gasteiger partial charge in [0.15, 0.2) is 11.5 Å². The zero-order valence-electron chi connectivity index (χ0n) is 11.4. The minimum atomic E-state index is 0.558. The maximum atomic E-state index is 6.09. The van der Waals surface area contributed by atoms with Crippen LogP contribution in [0.3, 0.4) is 0 Å². The van der Waals surface area contributed by atoms with Gasteiger partial charge in [-0.1, -0.05) is 0 Å². The first-order valence-corrected chi connectivity index (χ1v) is 6.27. The van der Waals surface area contributed by atoms with E-state index < -0.39 is 0 Å². The fraction of sp³-hybridized carbons (Fsp3) is 0.357. The molecule has 5 nitrogen and oxygen atoms in total. The van der Waals surface area contributed by atoms with Crippen molar-refractivity contribution in [1.82, 2.24) is 9.78 Å². The van der Waals surface area contributed by atoms with Crippen LogP contribution in [0.1, 0.15) is 11.1 Å². The third kappa shape index (κ3) is 1.73. The minimum absolute atomic E-state index is 0.558. The fourth-order valence-corrected chi connectivity index (χ4v) is 2.37. The molecule has 100 valence electrons. The highest BCUT2D eigenvalue weighted by molar-refractivity contribution is 5.84. The Morgan fingerprint density at radius 2 is 2.00 bits per heavy atom. The van der Waals surface area contributed by atoms with E-state index in [-0.39, 0.29) is 0 Å². The molecule has 0 saturated carbocycles. The first-order valence-electron chi connectivity index (χ1n) is 6.27. The van der Waals surface area contributed by atoms with Crippen LogP contribution in [0.15, 0.2) is 12.3 Å². The van der Waals surface area contributed by atoms with E-state index in [2.05, 4.69) is 18.9 Å². The van der Waals surface area contributed by atoms with Crippen LogP contribution in [0.2, 0.25) is 0 Å². The van der Waals surface area contributed by atoms with Crippen LogP contribution in [-0.4, -0.2) is 23.0 Å². The van der Waals surface area contributed by atoms with Crippen molar-refractivity contribution in [2.45, 2.75) is 13.8 Å². The number of aryl methyl sites for hydroxylation is 2. The van der Waals surface area contributed by atoms with Crippen molar-refractivity contribution in [2.75, 3.05) is 18.9 Å². The Balaban J connectivity index is 2.30. The molecule has 0 spiro atoms. The number of rotatable bonds is 1. The Morgan fingerprint density at radius 3 is 2.68 bits per heavy atom. The molecule has 5 heteroatoms. The molecule has 1 aliphatic heterocycles. The molecule has 19 heavy (non-hydrogen) atoms. The predicted molar refractivity (Wildman–Crippen MR) is 73.5 cm³/mol. The van der Waals surface area contributed by atoms with Gasteiger partial charge in [0.2, 0.25) is 0 Å². The van der Waals surface area contributed by atoms with Crippen molar-refractivity contribution >= 4 is 5.82 Å². The van der Waals surface area contributed by atoms with E-state index in [1.165, 1.54) is 0 Å². The number of anilines is 1. The Hall–Kier alpha value is -2.17. The molecule has 0 unspecified atom stereocenters. The van der Waals surface area contributed by atoms with E-state index >= 15 is 0 Å². The lowest BCUT2D eigenvalue weighted by Crippen LogP contribution is -2.16. The molecular weight excluding hydrogens is 242 g/mol. The highest BCUT2D eigenvalue weighted by Gasteiger charge is 2.23. The van der Waals surface area contributed by atoms with Crippen LogP contribution >= 0.6 is 0 Å². The number of hydrogen-bond donors (Lipinski definition) is 1. The van der Waals surface area contributed by atoms with Crippen LogP contribution in [0.4, 0.5) is 5.82 Å². The fourth-order valence-electron chi connectivity index (χ4n) is 2.37. The zero-order valence-corrected chi connectivity index (χ0v) is 11.4. The topological polar surface area (TPSA) is 62.3 Å². The molecule has 0 amide bonds. The van der Waals surface area contributed by atoms with Crippen molar-refractivity contribution < 1.29 is 9.47 Å². The van der Waals surface area contributed by atoms with Crippen molar-refractivity contribution in [1.29, 1.82) is 0 Å². The molecule has 0 aliphatic carbocycles. The predicted octanol–water partition coefficient (Wildman–Crippen LogP) is 2.06. The average Bonchev–Trinajstić information content (AvgIpc) is 2.72. The zero-order chi connectivity index (χ0) is 13.6. The second kappa shape index (κ2) is 4.19. The summed E-state index contributed by atoms with van der Waals surface area (Å²) >= 11 is 0. The van der Waals surface area contributed by atoms with E-state index in [0.717, 1.165) is 33.8 Å². The summed E-state index contributed by atoms with van der Waals surface area (Å²) < 4.78 is 13.1. The molecule has 0 atom stereocenters. The third-order valence-electron chi connectivity index (χ3n) is 3.61. The summed E-state index contributed by atoms with van der Waals surface area (Å²) in [5.41, 5.74) is 10.3. The van der Waals surface area contributed by atoms with Gasteiger partial charge in [0, 0.05) is 18.2 Å². The van der Waals surface area contributed by atoms with Gasteiger partial charge < -0.3 is 15.2 Å². The van der Waals surface area contributed by atoms with Crippen LogP contribution in [0.25, 0.3) is 11.1 Å². The molecule has 1 aliphatic rings. The van der Waals surface area contributed by atoms with Gasteiger partial charge in [0.25, 0.3) is 0 Å². The molecule has 2 N–H and O–H groups in total. The summed E-state index contributed by atoms with van der Waals surface area (Å²) in [7, 11) is 1.83. The monoisotopic (exact) mass is 259 g/mol. The summed E-state index contributed by atoms with van der Waals surface area (Å²) in [6.07, 6.45) is 1.77. The van der Waals surface area contributed by atoms with Crippen LogP contribution < -0.4 is 15.2 Å². The highest BCUT2D eigenvalue weighted by Crippen LogP contribution is 2.45. The second-order valence-corrected chi connectivity index (χ2v) is 4.78. The van der Waals surface area contributed by atoms with Gasteiger partial charge in [-0.15, -0.1) is 0 Å². The lowest BCUT2D eigenvalue weighted by molar-refractivity contribution is 0.172. The van der Waals surface area contributed by atoms with Crippen molar-refractivity contribution in [2.24, 2.45) is 7.05 Å². The number of benzene rings is 1. The van der Waals surface area contributed by atoms with Gasteiger partial charge in [0.1, 0.15) is 19.0 Å². The second-order valence-electron chi connectivity index (χ2n) is 4.78. The Kier molecular flexibility index (Phi) is 2.62. The largest absolute Gasteiger partial charge is 0.486 e. The number of nitrogen functional groups attached to an aromatic ring is 1. The number of nitrogens with two attached hydrogens (primary N) is 1. The van der Waals surface area contributed by atoms with E-state index in [1.807, 2.05) is 13.1 Å². The standard InChI is InChI=1S/C14H17N3O2/c1-8-6-11-13(19-5-4-18-11)12(9(8)2)10-7-16-17(3)14(10)15/h6-7H,4-5,15H2,1-3H3. The van der Waals surface area contributed by atoms with Crippen molar-refractivity contribution in [3.63, 3.8) is 0 Å². The Morgan fingerprint density at radius 1 is 1.26 bits per heavy atom. The molecule has 0 fully saturated rings. The number of fused-ring (bicyclic) bond motifs is 1. The van der Waals surface area contributed by atoms with Gasteiger partial charge in [-0.3, -0.25) is 4.68 Å². The molecule has 0 saturated heterocycles. The molecule has 3 rings (SSSR count). The summed E-state index contributed by atoms with van der Waals surface area (Å²) in [4.78, 5) is 0. The maximum Gasteiger partial charge on any atom is 0.169 e. The SMILES string of the molecule is Cc1cc2c(c(-c3cnn(C)c3N)c1C)OCCO2. The van der Waals surface area contributed by atoms with Crippen LogP contribution in [-0.2, 0) is 7.05 Å². The molecule has 2 heterocycles. The lowest BCUT2D eigenvalue weighted by atomic mass is 9.96. The summed E-state index contributed by atoms with van der Waals surface area (Å²) in [5, 5.41) is 4.21. The van der Waals surface area contributed by atoms with E-state index in [0.29, 0.717) is 19.0 Å². The first kappa shape index (κ1) is 11.9. The summed E-state index contributed by atoms with van der Waals surface area (Å²) in [5.74, 6) is 2.19. The lowest BCUT2D eigenvalue weighted by Gasteiger charge is -2.23. The number of ether oxygens (including phenoxy) is 2.